The molecular weight excluding hydrogens is 286 g/mol. The maximum atomic E-state index is 6.23. The Bertz CT molecular complexity index is 591. The molecule has 1 unspecified atom stereocenters. The molecule has 0 saturated heterocycles. The molecule has 0 spiro atoms. The Morgan fingerprint density at radius 2 is 2.33 bits per heavy atom. The van der Waals surface area contributed by atoms with Gasteiger partial charge >= 0.3 is 0 Å². The van der Waals surface area contributed by atoms with Crippen LogP contribution in [0.3, 0.4) is 0 Å². The molecule has 0 saturated carbocycles. The van der Waals surface area contributed by atoms with Gasteiger partial charge in [-0.25, -0.2) is 0 Å². The highest BCUT2D eigenvalue weighted by Gasteiger charge is 2.13. The molecule has 3 nitrogen and oxygen atoms in total. The number of halogens is 1. The minimum absolute atomic E-state index is 0.338. The molecule has 2 aromatic heterocycles. The standard InChI is InChI=1S/C12H16ClN3S2/c1-3-18-5-4-8(2)16-11-9(13)6-14-7-10(11)15-12(16)17/h6-8H,3-5H2,1-2H3,(H,15,17). The molecule has 2 aromatic rings. The van der Waals surface area contributed by atoms with Crippen LogP contribution in [0.5, 0.6) is 0 Å². The fourth-order valence-electron chi connectivity index (χ4n) is 1.99. The van der Waals surface area contributed by atoms with Crippen LogP contribution in [0.1, 0.15) is 26.3 Å². The van der Waals surface area contributed by atoms with E-state index in [0.29, 0.717) is 15.8 Å². The summed E-state index contributed by atoms with van der Waals surface area (Å²) in [6.07, 6.45) is 4.51. The van der Waals surface area contributed by atoms with Crippen LogP contribution in [-0.2, 0) is 0 Å². The largest absolute Gasteiger partial charge is 0.329 e. The van der Waals surface area contributed by atoms with Crippen LogP contribution >= 0.6 is 35.6 Å². The van der Waals surface area contributed by atoms with Crippen molar-refractivity contribution < 1.29 is 0 Å². The van der Waals surface area contributed by atoms with Crippen molar-refractivity contribution in [3.05, 3.63) is 22.2 Å². The van der Waals surface area contributed by atoms with E-state index in [1.165, 1.54) is 0 Å². The summed E-state index contributed by atoms with van der Waals surface area (Å²) in [5, 5.41) is 0.648. The molecule has 0 aliphatic heterocycles. The summed E-state index contributed by atoms with van der Waals surface area (Å²) in [4.78, 5) is 7.24. The van der Waals surface area contributed by atoms with Crippen molar-refractivity contribution in [3.8, 4) is 0 Å². The zero-order valence-electron chi connectivity index (χ0n) is 10.4. The van der Waals surface area contributed by atoms with E-state index < -0.39 is 0 Å². The second kappa shape index (κ2) is 6.08. The first-order valence-corrected chi connectivity index (χ1v) is 7.90. The van der Waals surface area contributed by atoms with E-state index >= 15 is 0 Å². The molecule has 1 atom stereocenters. The van der Waals surface area contributed by atoms with E-state index in [1.54, 1.807) is 12.4 Å². The Balaban J connectivity index is 2.37. The number of imidazole rings is 1. The van der Waals surface area contributed by atoms with E-state index in [1.807, 2.05) is 11.8 Å². The highest BCUT2D eigenvalue weighted by atomic mass is 35.5. The van der Waals surface area contributed by atoms with E-state index in [0.717, 1.165) is 29.0 Å². The van der Waals surface area contributed by atoms with Gasteiger partial charge in [0.2, 0.25) is 0 Å². The van der Waals surface area contributed by atoms with Gasteiger partial charge in [-0.1, -0.05) is 18.5 Å². The van der Waals surface area contributed by atoms with E-state index in [4.69, 9.17) is 23.8 Å². The number of nitrogens with zero attached hydrogens (tertiary/aromatic N) is 2. The van der Waals surface area contributed by atoms with Gasteiger partial charge in [-0.2, -0.15) is 11.8 Å². The number of nitrogens with one attached hydrogen (secondary N) is 1. The maximum absolute atomic E-state index is 6.23. The monoisotopic (exact) mass is 301 g/mol. The van der Waals surface area contributed by atoms with Crippen molar-refractivity contribution in [2.45, 2.75) is 26.3 Å². The summed E-state index contributed by atoms with van der Waals surface area (Å²) in [6, 6.07) is 0.338. The van der Waals surface area contributed by atoms with Crippen LogP contribution in [0.25, 0.3) is 11.0 Å². The zero-order chi connectivity index (χ0) is 13.1. The van der Waals surface area contributed by atoms with Crippen molar-refractivity contribution in [1.82, 2.24) is 14.5 Å². The Morgan fingerprint density at radius 3 is 3.06 bits per heavy atom. The van der Waals surface area contributed by atoms with Crippen LogP contribution in [0.4, 0.5) is 0 Å². The predicted molar refractivity (Wildman–Crippen MR) is 82.3 cm³/mol. The quantitative estimate of drug-likeness (QED) is 0.654. The molecule has 98 valence electrons. The highest BCUT2D eigenvalue weighted by molar-refractivity contribution is 7.99. The fourth-order valence-corrected chi connectivity index (χ4v) is 3.42. The highest BCUT2D eigenvalue weighted by Crippen LogP contribution is 2.27. The molecule has 0 bridgehead atoms. The van der Waals surface area contributed by atoms with Crippen molar-refractivity contribution in [2.24, 2.45) is 0 Å². The lowest BCUT2D eigenvalue weighted by atomic mass is 10.2. The van der Waals surface area contributed by atoms with Crippen LogP contribution in [0.15, 0.2) is 12.4 Å². The second-order valence-corrected chi connectivity index (χ2v) is 6.34. The smallest absolute Gasteiger partial charge is 0.178 e. The number of H-pyrrole nitrogens is 1. The van der Waals surface area contributed by atoms with E-state index in [-0.39, 0.29) is 0 Å². The minimum Gasteiger partial charge on any atom is -0.329 e. The zero-order valence-corrected chi connectivity index (χ0v) is 12.8. The van der Waals surface area contributed by atoms with Gasteiger partial charge < -0.3 is 9.55 Å². The van der Waals surface area contributed by atoms with Crippen LogP contribution < -0.4 is 0 Å². The number of rotatable bonds is 5. The molecule has 0 radical (unpaired) electrons. The molecule has 18 heavy (non-hydrogen) atoms. The van der Waals surface area contributed by atoms with Gasteiger partial charge in [0.25, 0.3) is 0 Å². The first-order valence-electron chi connectivity index (χ1n) is 5.96. The van der Waals surface area contributed by atoms with Gasteiger partial charge in [0.05, 0.1) is 22.3 Å². The molecular formula is C12H16ClN3S2. The summed E-state index contributed by atoms with van der Waals surface area (Å²) in [6.45, 7) is 4.35. The number of aromatic amines is 1. The first kappa shape index (κ1) is 13.9. The fraction of sp³-hybridized carbons (Fsp3) is 0.500. The normalized spacial score (nSPS) is 13.1. The number of thioether (sulfide) groups is 1. The Hall–Kier alpha value is -0.520. The van der Waals surface area contributed by atoms with Gasteiger partial charge in [-0.3, -0.25) is 4.98 Å². The van der Waals surface area contributed by atoms with Crippen molar-refractivity contribution in [3.63, 3.8) is 0 Å². The number of hydrogen-bond acceptors (Lipinski definition) is 3. The summed E-state index contributed by atoms with van der Waals surface area (Å²) >= 11 is 13.6. The van der Waals surface area contributed by atoms with Gasteiger partial charge in [0.15, 0.2) is 4.77 Å². The lowest BCUT2D eigenvalue weighted by Gasteiger charge is -2.14. The van der Waals surface area contributed by atoms with E-state index in [9.17, 15) is 0 Å². The third-order valence-corrected chi connectivity index (χ3v) is 4.41. The number of hydrogen-bond donors (Lipinski definition) is 1. The second-order valence-electron chi connectivity index (χ2n) is 4.15. The maximum Gasteiger partial charge on any atom is 0.178 e. The molecule has 1 N–H and O–H groups in total. The van der Waals surface area contributed by atoms with Crippen LogP contribution in [0, 0.1) is 4.77 Å². The van der Waals surface area contributed by atoms with Crippen molar-refractivity contribution >= 4 is 46.6 Å². The summed E-state index contributed by atoms with van der Waals surface area (Å²) in [5.74, 6) is 2.28. The lowest BCUT2D eigenvalue weighted by molar-refractivity contribution is 0.543. The average molecular weight is 302 g/mol. The third kappa shape index (κ3) is 2.73. The summed E-state index contributed by atoms with van der Waals surface area (Å²) < 4.78 is 2.82. The van der Waals surface area contributed by atoms with Gasteiger partial charge in [-0.15, -0.1) is 0 Å². The van der Waals surface area contributed by atoms with Crippen LogP contribution in [-0.4, -0.2) is 26.0 Å². The topological polar surface area (TPSA) is 33.6 Å². The molecule has 0 aliphatic rings. The van der Waals surface area contributed by atoms with Crippen molar-refractivity contribution in [2.75, 3.05) is 11.5 Å². The summed E-state index contributed by atoms with van der Waals surface area (Å²) in [7, 11) is 0. The number of aromatic nitrogens is 3. The van der Waals surface area contributed by atoms with Crippen molar-refractivity contribution in [1.29, 1.82) is 0 Å². The van der Waals surface area contributed by atoms with Crippen LogP contribution in [0.2, 0.25) is 5.02 Å². The number of fused-ring (bicyclic) bond motifs is 1. The first-order chi connectivity index (χ1) is 8.65. The molecule has 0 fully saturated rings. The Labute approximate surface area is 121 Å². The molecule has 2 heterocycles. The third-order valence-electron chi connectivity index (χ3n) is 2.90. The molecule has 6 heteroatoms. The minimum atomic E-state index is 0.338. The Kier molecular flexibility index (Phi) is 4.70. The number of pyridine rings is 1. The average Bonchev–Trinajstić information content (AvgIpc) is 2.67. The molecule has 2 rings (SSSR count). The van der Waals surface area contributed by atoms with Gasteiger partial charge in [0.1, 0.15) is 0 Å². The SMILES string of the molecule is CCSCCC(C)n1c(=S)[nH]c2cncc(Cl)c21. The van der Waals surface area contributed by atoms with E-state index in [2.05, 4.69) is 28.4 Å². The summed E-state index contributed by atoms with van der Waals surface area (Å²) in [5.41, 5.74) is 1.87. The molecule has 0 amide bonds. The molecule has 0 aliphatic carbocycles. The molecule has 0 aromatic carbocycles. The predicted octanol–water partition coefficient (Wildman–Crippen LogP) is 4.45. The Morgan fingerprint density at radius 1 is 1.56 bits per heavy atom. The van der Waals surface area contributed by atoms with Gasteiger partial charge in [-0.05, 0) is 37.1 Å². The van der Waals surface area contributed by atoms with Gasteiger partial charge in [0, 0.05) is 12.2 Å². The lowest BCUT2D eigenvalue weighted by Crippen LogP contribution is -2.06.